The summed E-state index contributed by atoms with van der Waals surface area (Å²) >= 11 is 0. The lowest BCUT2D eigenvalue weighted by Crippen LogP contribution is -2.30. The Morgan fingerprint density at radius 1 is 1.06 bits per heavy atom. The maximum absolute atomic E-state index is 5.99. The van der Waals surface area contributed by atoms with Gasteiger partial charge < -0.3 is 10.6 Å². The lowest BCUT2D eigenvalue weighted by molar-refractivity contribution is 0.414. The van der Waals surface area contributed by atoms with E-state index in [1.54, 1.807) is 11.9 Å². The highest BCUT2D eigenvalue weighted by Crippen LogP contribution is 2.23. The average Bonchev–Trinajstić information content (AvgIpc) is 2.45. The number of fused-ring (bicyclic) bond motifs is 1. The molecule has 1 heterocycles. The van der Waals surface area contributed by atoms with Crippen molar-refractivity contribution in [3.05, 3.63) is 54.1 Å². The molecule has 0 aliphatic rings. The third-order valence-electron chi connectivity index (χ3n) is 3.14. The van der Waals surface area contributed by atoms with Crippen molar-refractivity contribution < 1.29 is 4.74 Å². The first-order chi connectivity index (χ1) is 8.79. The minimum atomic E-state index is 0.761. The van der Waals surface area contributed by atoms with Crippen molar-refractivity contribution in [3.63, 3.8) is 0 Å². The van der Waals surface area contributed by atoms with Crippen molar-refractivity contribution in [3.8, 4) is 5.75 Å². The van der Waals surface area contributed by atoms with Crippen molar-refractivity contribution in [1.82, 2.24) is 9.47 Å². The van der Waals surface area contributed by atoms with Crippen molar-refractivity contribution >= 4 is 11.0 Å². The minimum absolute atomic E-state index is 0.761. The van der Waals surface area contributed by atoms with E-state index in [9.17, 15) is 0 Å². The fourth-order valence-corrected chi connectivity index (χ4v) is 2.15. The third kappa shape index (κ3) is 1.62. The number of hydrogen-bond donors (Lipinski definition) is 1. The van der Waals surface area contributed by atoms with Gasteiger partial charge in [-0.2, -0.15) is 4.79 Å². The number of nitrogens with zero attached hydrogens (tertiary/aromatic N) is 2. The smallest absolute Gasteiger partial charge is 0.121 e. The Hall–Kier alpha value is -2.36. The monoisotopic (exact) mass is 241 g/mol. The zero-order valence-electron chi connectivity index (χ0n) is 10.2. The Bertz CT molecular complexity index is 667. The summed E-state index contributed by atoms with van der Waals surface area (Å²) in [5.74, 6) is 6.84. The van der Waals surface area contributed by atoms with Gasteiger partial charge in [-0.15, -0.1) is 0 Å². The molecule has 0 saturated heterocycles. The van der Waals surface area contributed by atoms with Gasteiger partial charge in [0.25, 0.3) is 0 Å². The Morgan fingerprint density at radius 2 is 1.83 bits per heavy atom. The molecule has 4 nitrogen and oxygen atoms in total. The molecule has 0 atom stereocenters. The van der Waals surface area contributed by atoms with E-state index in [0.29, 0.717) is 0 Å². The van der Waals surface area contributed by atoms with E-state index in [2.05, 4.69) is 12.1 Å². The van der Waals surface area contributed by atoms with Gasteiger partial charge in [-0.05, 0) is 17.7 Å². The Morgan fingerprint density at radius 3 is 2.56 bits per heavy atom. The first-order valence-corrected chi connectivity index (χ1v) is 5.84. The lowest BCUT2D eigenvalue weighted by atomic mass is 10.2. The largest absolute Gasteiger partial charge is 0.497 e. The number of nitrogens with two attached hydrogens (primary N) is 1. The lowest BCUT2D eigenvalue weighted by Gasteiger charge is -2.23. The second kappa shape index (κ2) is 4.14. The van der Waals surface area contributed by atoms with Crippen molar-refractivity contribution in [2.75, 3.05) is 13.0 Å². The molecule has 2 N–H and O–H groups in total. The maximum atomic E-state index is 5.99. The summed E-state index contributed by atoms with van der Waals surface area (Å²) < 4.78 is 7.25. The van der Waals surface area contributed by atoms with Crippen LogP contribution in [0.2, 0.25) is 0 Å². The quantitative estimate of drug-likeness (QED) is 0.714. The average molecular weight is 241 g/mol. The normalized spacial score (nSPS) is 10.9. The first-order valence-electron chi connectivity index (χ1n) is 5.84. The molecule has 1 aromatic heterocycles. The van der Waals surface area contributed by atoms with E-state index < -0.39 is 0 Å². The van der Waals surface area contributed by atoms with E-state index >= 15 is 0 Å². The topological polar surface area (TPSA) is 45.1 Å². The van der Waals surface area contributed by atoms with E-state index in [1.807, 2.05) is 41.1 Å². The van der Waals surface area contributed by atoms with Gasteiger partial charge >= 0.3 is 0 Å². The molecule has 3 aromatic rings. The van der Waals surface area contributed by atoms with E-state index in [0.717, 1.165) is 23.3 Å². The van der Waals surface area contributed by atoms with Gasteiger partial charge in [0.1, 0.15) is 11.3 Å². The minimum Gasteiger partial charge on any atom is -0.497 e. The van der Waals surface area contributed by atoms with Gasteiger partial charge in [0.05, 0.1) is 19.2 Å². The molecule has 0 aliphatic carbocycles. The fourth-order valence-electron chi connectivity index (χ4n) is 2.15. The number of rotatable bonds is 3. The zero-order valence-corrected chi connectivity index (χ0v) is 10.2. The Balaban J connectivity index is 1.99. The molecule has 0 aliphatic heterocycles. The van der Waals surface area contributed by atoms with Crippen LogP contribution < -0.4 is 10.6 Å². The predicted octanol–water partition coefficient (Wildman–Crippen LogP) is 2.21. The summed E-state index contributed by atoms with van der Waals surface area (Å²) in [6.07, 6.45) is 0. The Kier molecular flexibility index (Phi) is 2.48. The summed E-state index contributed by atoms with van der Waals surface area (Å²) in [6, 6.07) is 16.1. The highest BCUT2D eigenvalue weighted by molar-refractivity contribution is 5.80. The molecular formula is C14H15N3O. The molecule has 0 spiro atoms. The summed E-state index contributed by atoms with van der Waals surface area (Å²) in [5.41, 5.74) is 3.34. The summed E-state index contributed by atoms with van der Waals surface area (Å²) in [4.78, 5) is 1.67. The number of benzene rings is 2. The van der Waals surface area contributed by atoms with Crippen molar-refractivity contribution in [1.29, 1.82) is 0 Å². The SMILES string of the molecule is COc1ccc2c(c1)n(Cc1ccccc1)n2N. The second-order valence-corrected chi connectivity index (χ2v) is 4.24. The number of methoxy groups -OCH3 is 1. The van der Waals surface area contributed by atoms with Crippen molar-refractivity contribution in [2.45, 2.75) is 6.54 Å². The zero-order chi connectivity index (χ0) is 12.5. The molecule has 92 valence electrons. The molecule has 3 rings (SSSR count). The van der Waals surface area contributed by atoms with E-state index in [-0.39, 0.29) is 0 Å². The molecule has 0 bridgehead atoms. The van der Waals surface area contributed by atoms with Crippen LogP contribution in [0.25, 0.3) is 11.0 Å². The van der Waals surface area contributed by atoms with E-state index in [4.69, 9.17) is 10.6 Å². The Labute approximate surface area is 105 Å². The van der Waals surface area contributed by atoms with Crippen LogP contribution in [0.1, 0.15) is 5.56 Å². The van der Waals surface area contributed by atoms with Gasteiger partial charge in [-0.1, -0.05) is 30.3 Å². The number of hydrogen-bond acceptors (Lipinski definition) is 2. The predicted molar refractivity (Wildman–Crippen MR) is 72.2 cm³/mol. The molecular weight excluding hydrogens is 226 g/mol. The van der Waals surface area contributed by atoms with Crippen LogP contribution in [-0.4, -0.2) is 16.6 Å². The van der Waals surface area contributed by atoms with Crippen LogP contribution in [-0.2, 0) is 6.54 Å². The highest BCUT2D eigenvalue weighted by atomic mass is 16.5. The third-order valence-corrected chi connectivity index (χ3v) is 3.14. The second-order valence-electron chi connectivity index (χ2n) is 4.24. The molecule has 0 unspecified atom stereocenters. The summed E-state index contributed by atoms with van der Waals surface area (Å²) in [7, 11) is 1.67. The van der Waals surface area contributed by atoms with Crippen LogP contribution in [0.4, 0.5) is 0 Å². The summed E-state index contributed by atoms with van der Waals surface area (Å²) in [6.45, 7) is 0.761. The first kappa shape index (κ1) is 10.8. The molecule has 4 heteroatoms. The van der Waals surface area contributed by atoms with Gasteiger partial charge in [-0.3, -0.25) is 4.68 Å². The maximum Gasteiger partial charge on any atom is 0.121 e. The molecule has 0 amide bonds. The van der Waals surface area contributed by atoms with Crippen LogP contribution in [0, 0.1) is 0 Å². The molecule has 0 saturated carbocycles. The van der Waals surface area contributed by atoms with Crippen molar-refractivity contribution in [2.24, 2.45) is 0 Å². The number of ether oxygens (including phenoxy) is 1. The van der Waals surface area contributed by atoms with Gasteiger partial charge in [0, 0.05) is 6.07 Å². The highest BCUT2D eigenvalue weighted by Gasteiger charge is 2.12. The standard InChI is InChI=1S/C14H15N3O/c1-18-12-7-8-13-14(9-12)16(17(13)15)10-11-5-3-2-4-6-11/h2-9H,10,15H2,1H3. The van der Waals surface area contributed by atoms with Gasteiger partial charge in [0.15, 0.2) is 0 Å². The van der Waals surface area contributed by atoms with Gasteiger partial charge in [-0.25, -0.2) is 0 Å². The number of nitrogen functional groups attached to an aromatic ring is 1. The van der Waals surface area contributed by atoms with E-state index in [1.165, 1.54) is 5.56 Å². The molecule has 2 aromatic carbocycles. The molecule has 18 heavy (non-hydrogen) atoms. The fraction of sp³-hybridized carbons (Fsp3) is 0.143. The van der Waals surface area contributed by atoms with Crippen LogP contribution in [0.15, 0.2) is 48.5 Å². The van der Waals surface area contributed by atoms with Crippen LogP contribution in [0.5, 0.6) is 5.75 Å². The summed E-state index contributed by atoms with van der Waals surface area (Å²) in [5, 5.41) is 0. The van der Waals surface area contributed by atoms with Crippen LogP contribution in [0.3, 0.4) is 0 Å². The van der Waals surface area contributed by atoms with Gasteiger partial charge in [0.2, 0.25) is 0 Å². The number of aromatic nitrogens is 2. The van der Waals surface area contributed by atoms with Crippen LogP contribution >= 0.6 is 0 Å². The molecule has 0 fully saturated rings. The molecule has 0 radical (unpaired) electrons.